The number of rotatable bonds is 35. The quantitative estimate of drug-likeness (QED) is 0.0193. The van der Waals surface area contributed by atoms with Crippen molar-refractivity contribution in [2.24, 2.45) is 39.8 Å². The van der Waals surface area contributed by atoms with Crippen LogP contribution < -0.4 is 65.5 Å². The van der Waals surface area contributed by atoms with Gasteiger partial charge in [-0.25, -0.2) is 4.79 Å². The highest BCUT2D eigenvalue weighted by atomic mass is 16.4. The van der Waals surface area contributed by atoms with E-state index in [4.69, 9.17) is 22.9 Å². The minimum atomic E-state index is -1.67. The fraction of sp³-hybridized carbons (Fsp3) is 0.538. The minimum absolute atomic E-state index is 0.0864. The summed E-state index contributed by atoms with van der Waals surface area (Å²) in [6.45, 7) is 9.63. The number of guanidine groups is 1. The molecule has 28 nitrogen and oxygen atoms in total. The Bertz CT molecular complexity index is 2490. The second kappa shape index (κ2) is 33.7. The zero-order valence-electron chi connectivity index (χ0n) is 45.8. The molecule has 80 heavy (non-hydrogen) atoms. The monoisotopic (exact) mass is 1130 g/mol. The maximum atomic E-state index is 14.3. The second-order valence-electron chi connectivity index (χ2n) is 19.8. The van der Waals surface area contributed by atoms with Gasteiger partial charge in [-0.2, -0.15) is 0 Å². The van der Waals surface area contributed by atoms with Crippen LogP contribution in [-0.2, 0) is 65.6 Å². The molecule has 2 aromatic rings. The first-order valence-electron chi connectivity index (χ1n) is 26.0. The number of nitrogens with two attached hydrogens (primary N) is 4. The maximum Gasteiger partial charge on any atom is 0.326 e. The number of aliphatic imine (C=N–C) groups is 1. The minimum Gasteiger partial charge on any atom is -0.508 e. The van der Waals surface area contributed by atoms with Crippen LogP contribution in [0.15, 0.2) is 53.5 Å². The topological polar surface area (TPSA) is 481 Å². The fourth-order valence-electron chi connectivity index (χ4n) is 7.71. The van der Waals surface area contributed by atoms with Crippen molar-refractivity contribution in [2.45, 2.75) is 160 Å². The maximum absolute atomic E-state index is 14.3. The van der Waals surface area contributed by atoms with E-state index in [1.807, 2.05) is 0 Å². The van der Waals surface area contributed by atoms with E-state index in [1.54, 1.807) is 27.7 Å². The number of hydrogen-bond donors (Lipinski definition) is 16. The number of carboxylic acids is 2. The molecular formula is C52H79N13O15. The summed E-state index contributed by atoms with van der Waals surface area (Å²) in [5.41, 5.74) is 22.9. The molecule has 0 fully saturated rings. The lowest BCUT2D eigenvalue weighted by atomic mass is 9.98. The Morgan fingerprint density at radius 1 is 0.512 bits per heavy atom. The number of benzene rings is 2. The van der Waals surface area contributed by atoms with Crippen LogP contribution >= 0.6 is 0 Å². The van der Waals surface area contributed by atoms with E-state index in [0.29, 0.717) is 24.0 Å². The van der Waals surface area contributed by atoms with Gasteiger partial charge in [0, 0.05) is 32.2 Å². The van der Waals surface area contributed by atoms with Crippen LogP contribution in [0.2, 0.25) is 0 Å². The number of carbonyl (C=O) groups excluding carboxylic acids is 9. The van der Waals surface area contributed by atoms with Gasteiger partial charge in [0.05, 0.1) is 6.04 Å². The predicted octanol–water partition coefficient (Wildman–Crippen LogP) is -2.51. The highest BCUT2D eigenvalue weighted by Crippen LogP contribution is 2.16. The van der Waals surface area contributed by atoms with Crippen molar-refractivity contribution >= 4 is 71.1 Å². The molecule has 0 aliphatic heterocycles. The van der Waals surface area contributed by atoms with Gasteiger partial charge in [0.2, 0.25) is 53.2 Å². The van der Waals surface area contributed by atoms with Crippen LogP contribution in [0.25, 0.3) is 0 Å². The van der Waals surface area contributed by atoms with E-state index >= 15 is 0 Å². The number of amides is 9. The van der Waals surface area contributed by atoms with Crippen molar-refractivity contribution in [3.63, 3.8) is 0 Å². The van der Waals surface area contributed by atoms with Gasteiger partial charge in [-0.15, -0.1) is 0 Å². The molecule has 2 rings (SSSR count). The van der Waals surface area contributed by atoms with Crippen molar-refractivity contribution < 1.29 is 73.2 Å². The molecule has 0 heterocycles. The predicted molar refractivity (Wildman–Crippen MR) is 290 cm³/mol. The van der Waals surface area contributed by atoms with E-state index in [-0.39, 0.29) is 55.6 Å². The molecule has 0 aliphatic rings. The lowest BCUT2D eigenvalue weighted by Crippen LogP contribution is -2.60. The molecule has 0 radical (unpaired) electrons. The number of carboxylic acid groups (broad SMARTS) is 2. The Morgan fingerprint density at radius 3 is 1.35 bits per heavy atom. The SMILES string of the molecule is CC[C@H](C)[C@H](NC(=O)[C@H](Cc1ccc(O)cc1)NC(=O)[C@H](C)NC(=O)[C@H](CCC(N)=O)NC(=O)[C@H](Cc1ccc(O)cc1)NC(=O)[C@H](CCC(=O)O)NC(=O)[C@H](C)NC(=O)[C@H](CC(C)C)NC(=O)[C@@H](N)CCCN=C(N)N)C(=O)O. The highest BCUT2D eigenvalue weighted by molar-refractivity contribution is 5.98. The van der Waals surface area contributed by atoms with E-state index in [9.17, 15) is 73.2 Å². The number of phenolic OH excluding ortho intramolecular Hbond substituents is 2. The molecule has 442 valence electrons. The highest BCUT2D eigenvalue weighted by Gasteiger charge is 2.35. The van der Waals surface area contributed by atoms with Gasteiger partial charge < -0.3 is 85.9 Å². The first-order valence-corrected chi connectivity index (χ1v) is 26.0. The Labute approximate surface area is 463 Å². The summed E-state index contributed by atoms with van der Waals surface area (Å²) in [7, 11) is 0. The Kier molecular flexibility index (Phi) is 28.4. The first kappa shape index (κ1) is 67.5. The number of hydrogen-bond acceptors (Lipinski definition) is 15. The second-order valence-corrected chi connectivity index (χ2v) is 19.8. The van der Waals surface area contributed by atoms with E-state index in [2.05, 4.69) is 47.5 Å². The van der Waals surface area contributed by atoms with Gasteiger partial charge >= 0.3 is 11.9 Å². The Morgan fingerprint density at radius 2 is 0.912 bits per heavy atom. The molecule has 9 amide bonds. The number of aromatic hydroxyl groups is 2. The van der Waals surface area contributed by atoms with Crippen molar-refractivity contribution in [3.8, 4) is 11.5 Å². The lowest BCUT2D eigenvalue weighted by Gasteiger charge is -2.27. The van der Waals surface area contributed by atoms with Gasteiger partial charge in [-0.05, 0) is 93.2 Å². The Hall–Kier alpha value is -8.56. The Balaban J connectivity index is 2.41. The molecule has 0 aliphatic carbocycles. The molecule has 2 aromatic carbocycles. The van der Waals surface area contributed by atoms with Crippen LogP contribution in [0.5, 0.6) is 11.5 Å². The van der Waals surface area contributed by atoms with E-state index in [1.165, 1.54) is 62.4 Å². The molecule has 0 unspecified atom stereocenters. The molecule has 0 saturated carbocycles. The number of nitrogens with one attached hydrogen (secondary N) is 8. The summed E-state index contributed by atoms with van der Waals surface area (Å²) in [4.78, 5) is 150. The molecule has 0 bridgehead atoms. The standard InChI is InChI=1S/C52H79N13O15/c1-7-27(4)42(51(79)80)65-50(78)39(25-31-12-16-33(67)17-13-31)62-44(72)29(6)58-46(74)35(18-20-40(54)68)61-49(77)38(24-30-10-14-32(66)15-11-30)64-47(75)36(19-21-41(69)70)60-43(71)28(5)59-48(76)37(23-26(2)3)63-45(73)34(53)9-8-22-57-52(55)56/h10-17,26-29,34-39,42,66-67H,7-9,18-25,53H2,1-6H3,(H2,54,68)(H,58,74)(H,59,76)(H,60,71)(H,61,77)(H,62,72)(H,63,73)(H,64,75)(H,65,78)(H,69,70)(H,79,80)(H4,55,56,57)/t27-,28-,29-,34-,35-,36-,37-,38-,39-,42-/m0/s1. The normalized spacial score (nSPS) is 14.8. The number of phenols is 2. The summed E-state index contributed by atoms with van der Waals surface area (Å²) in [6, 6.07) is -1.74. The van der Waals surface area contributed by atoms with Gasteiger partial charge in [-0.3, -0.25) is 52.9 Å². The summed E-state index contributed by atoms with van der Waals surface area (Å²) < 4.78 is 0. The van der Waals surface area contributed by atoms with E-state index < -0.39 is 151 Å². The van der Waals surface area contributed by atoms with Crippen molar-refractivity contribution in [2.75, 3.05) is 6.54 Å². The smallest absolute Gasteiger partial charge is 0.326 e. The summed E-state index contributed by atoms with van der Waals surface area (Å²) >= 11 is 0. The zero-order chi connectivity index (χ0) is 60.4. The number of aliphatic carboxylic acids is 2. The van der Waals surface area contributed by atoms with Crippen molar-refractivity contribution in [1.29, 1.82) is 0 Å². The third-order valence-corrected chi connectivity index (χ3v) is 12.5. The average molecular weight is 1130 g/mol. The third-order valence-electron chi connectivity index (χ3n) is 12.5. The van der Waals surface area contributed by atoms with Crippen molar-refractivity contribution in [3.05, 3.63) is 59.7 Å². The van der Waals surface area contributed by atoms with Gasteiger partial charge in [0.15, 0.2) is 5.96 Å². The summed E-state index contributed by atoms with van der Waals surface area (Å²) in [5.74, 6) is -12.0. The van der Waals surface area contributed by atoms with Crippen LogP contribution in [0.1, 0.15) is 104 Å². The first-order chi connectivity index (χ1) is 37.5. The molecule has 0 aromatic heterocycles. The van der Waals surface area contributed by atoms with Gasteiger partial charge in [0.1, 0.15) is 59.8 Å². The number of carbonyl (C=O) groups is 11. The molecule has 0 saturated heterocycles. The van der Waals surface area contributed by atoms with E-state index in [0.717, 1.165) is 0 Å². The molecule has 28 heteroatoms. The zero-order valence-corrected chi connectivity index (χ0v) is 45.8. The van der Waals surface area contributed by atoms with Gasteiger partial charge in [0.25, 0.3) is 0 Å². The van der Waals surface area contributed by atoms with Crippen LogP contribution in [0.4, 0.5) is 0 Å². The third kappa shape index (κ3) is 24.8. The average Bonchev–Trinajstić information content (AvgIpc) is 3.38. The fourth-order valence-corrected chi connectivity index (χ4v) is 7.71. The summed E-state index contributed by atoms with van der Waals surface area (Å²) in [5, 5.41) is 59.0. The number of nitrogens with zero attached hydrogens (tertiary/aromatic N) is 1. The molecule has 20 N–H and O–H groups in total. The molecule has 0 spiro atoms. The molecular weight excluding hydrogens is 1050 g/mol. The van der Waals surface area contributed by atoms with Crippen LogP contribution in [-0.4, -0.2) is 152 Å². The molecule has 10 atom stereocenters. The van der Waals surface area contributed by atoms with Crippen molar-refractivity contribution in [1.82, 2.24) is 42.5 Å². The van der Waals surface area contributed by atoms with Gasteiger partial charge in [-0.1, -0.05) is 58.4 Å². The largest absolute Gasteiger partial charge is 0.508 e. The summed E-state index contributed by atoms with van der Waals surface area (Å²) in [6.07, 6.45) is -1.63. The number of primary amides is 1. The van der Waals surface area contributed by atoms with Crippen LogP contribution in [0.3, 0.4) is 0 Å². The van der Waals surface area contributed by atoms with Crippen LogP contribution in [0, 0.1) is 11.8 Å². The lowest BCUT2D eigenvalue weighted by molar-refractivity contribution is -0.144.